The Morgan fingerprint density at radius 2 is 0.735 bits per heavy atom. The molecule has 6 rings (SSSR count). The third-order valence-corrected chi connectivity index (χ3v) is 9.89. The summed E-state index contributed by atoms with van der Waals surface area (Å²) in [6, 6.07) is 1.22. The molecule has 0 amide bonds. The minimum absolute atomic E-state index is 0. The van der Waals surface area contributed by atoms with Crippen LogP contribution in [-0.2, 0) is 20.1 Å². The maximum absolute atomic E-state index is 4.66. The quantitative estimate of drug-likeness (QED) is 0.201. The molecule has 0 aromatic heterocycles. The van der Waals surface area contributed by atoms with Gasteiger partial charge in [0.2, 0.25) is 0 Å². The molecule has 1 radical (unpaired) electrons. The molecule has 0 N–H and O–H groups in total. The van der Waals surface area contributed by atoms with Crippen molar-refractivity contribution in [1.29, 1.82) is 0 Å². The van der Waals surface area contributed by atoms with Gasteiger partial charge in [-0.05, 0) is 0 Å². The van der Waals surface area contributed by atoms with Gasteiger partial charge in [0.1, 0.15) is 0 Å². The van der Waals surface area contributed by atoms with Gasteiger partial charge in [-0.15, -0.1) is 90.5 Å². The number of allylic oxidation sites excluding steroid dienone is 3. The topological polar surface area (TPSA) is 42.3 Å². The molecule has 0 aromatic carbocycles. The number of rotatable bonds is 3. The molecule has 273 valence electrons. The van der Waals surface area contributed by atoms with Crippen molar-refractivity contribution in [3.05, 3.63) is 122 Å². The third kappa shape index (κ3) is 13.2. The second-order valence-corrected chi connectivity index (χ2v) is 17.1. The number of hydrogen-bond donors (Lipinski definition) is 0. The first kappa shape index (κ1) is 41.3. The van der Waals surface area contributed by atoms with Crippen molar-refractivity contribution >= 4 is 0 Å². The average Bonchev–Trinajstić information content (AvgIpc) is 3.09. The SMILES string of the molecule is CC(C)(C)[C-]1C=C=C(C2CCCC[N-]2)C=C1.CC(C)(C)[C-]1C=C=C(C2CCCC[N-]2)C=C1.CC(C)(C)[C-]1C=C=C(C2CCCC[N-]2)C=C1.[Ir]. The summed E-state index contributed by atoms with van der Waals surface area (Å²) < 4.78 is 0. The van der Waals surface area contributed by atoms with Gasteiger partial charge in [0, 0.05) is 20.1 Å². The van der Waals surface area contributed by atoms with Crippen LogP contribution in [0.25, 0.3) is 16.0 Å². The van der Waals surface area contributed by atoms with Gasteiger partial charge in [0.15, 0.2) is 0 Å². The van der Waals surface area contributed by atoms with Crippen LogP contribution in [0.4, 0.5) is 0 Å². The molecule has 3 fully saturated rings. The van der Waals surface area contributed by atoms with Gasteiger partial charge < -0.3 is 16.0 Å². The maximum Gasteiger partial charge on any atom is 0 e. The molecule has 0 spiro atoms. The molecule has 3 atom stereocenters. The Balaban J connectivity index is 0.000000197. The van der Waals surface area contributed by atoms with E-state index in [4.69, 9.17) is 0 Å². The maximum atomic E-state index is 4.66. The Bertz CT molecular complexity index is 1170. The van der Waals surface area contributed by atoms with Gasteiger partial charge in [0.25, 0.3) is 0 Å². The van der Waals surface area contributed by atoms with Gasteiger partial charge in [-0.1, -0.05) is 136 Å². The van der Waals surface area contributed by atoms with E-state index in [1.165, 1.54) is 92.3 Å². The summed E-state index contributed by atoms with van der Waals surface area (Å²) >= 11 is 0. The van der Waals surface area contributed by atoms with Crippen molar-refractivity contribution in [3.63, 3.8) is 0 Å². The number of piperidine rings is 3. The first-order valence-corrected chi connectivity index (χ1v) is 18.8. The summed E-state index contributed by atoms with van der Waals surface area (Å²) in [5, 5.41) is 14.0. The summed E-state index contributed by atoms with van der Waals surface area (Å²) in [5.74, 6) is 4.06. The largest absolute Gasteiger partial charge is 0.657 e. The summed E-state index contributed by atoms with van der Waals surface area (Å²) in [5.41, 5.74) is 14.7. The van der Waals surface area contributed by atoms with Crippen LogP contribution in [0, 0.1) is 34.0 Å². The first-order valence-electron chi connectivity index (χ1n) is 18.8. The summed E-state index contributed by atoms with van der Waals surface area (Å²) in [7, 11) is 0. The summed E-state index contributed by atoms with van der Waals surface area (Å²) in [4.78, 5) is 0. The molecule has 0 bridgehead atoms. The van der Waals surface area contributed by atoms with E-state index < -0.39 is 0 Å². The molecule has 49 heavy (non-hydrogen) atoms. The zero-order valence-electron chi connectivity index (χ0n) is 32.1. The van der Waals surface area contributed by atoms with E-state index >= 15 is 0 Å². The molecule has 3 aliphatic carbocycles. The van der Waals surface area contributed by atoms with Crippen LogP contribution in [0.2, 0.25) is 0 Å². The van der Waals surface area contributed by atoms with Crippen LogP contribution in [0.3, 0.4) is 0 Å². The Morgan fingerprint density at radius 1 is 0.469 bits per heavy atom. The van der Waals surface area contributed by atoms with Crippen molar-refractivity contribution in [1.82, 2.24) is 0 Å². The molecule has 0 saturated carbocycles. The fourth-order valence-corrected chi connectivity index (χ4v) is 6.46. The third-order valence-electron chi connectivity index (χ3n) is 9.89. The summed E-state index contributed by atoms with van der Waals surface area (Å²) in [6.07, 6.45) is 31.0. The van der Waals surface area contributed by atoms with E-state index in [0.717, 1.165) is 19.6 Å². The van der Waals surface area contributed by atoms with Crippen LogP contribution in [0.15, 0.2) is 88.6 Å². The van der Waals surface area contributed by atoms with Crippen molar-refractivity contribution in [2.75, 3.05) is 19.6 Å². The van der Waals surface area contributed by atoms with E-state index in [9.17, 15) is 0 Å². The van der Waals surface area contributed by atoms with Crippen LogP contribution >= 0.6 is 0 Å². The fraction of sp³-hybridized carbons (Fsp3) is 0.600. The number of hydrogen-bond acceptors (Lipinski definition) is 0. The number of nitrogens with zero attached hydrogens (tertiary/aromatic N) is 3. The van der Waals surface area contributed by atoms with Crippen LogP contribution in [0.5, 0.6) is 0 Å². The molecule has 6 aliphatic rings. The van der Waals surface area contributed by atoms with E-state index in [2.05, 4.69) is 150 Å². The zero-order chi connectivity index (χ0) is 34.8. The second-order valence-electron chi connectivity index (χ2n) is 17.1. The minimum atomic E-state index is 0. The molecule has 0 aromatic rings. The van der Waals surface area contributed by atoms with Crippen molar-refractivity contribution < 1.29 is 20.1 Å². The fourth-order valence-electron chi connectivity index (χ4n) is 6.46. The average molecular weight is 838 g/mol. The van der Waals surface area contributed by atoms with Gasteiger partial charge in [-0.25, -0.2) is 0 Å². The predicted octanol–water partition coefficient (Wildman–Crippen LogP) is 12.6. The molecule has 3 saturated heterocycles. The second kappa shape index (κ2) is 19.0. The normalized spacial score (nSPS) is 25.3. The van der Waals surface area contributed by atoms with Crippen molar-refractivity contribution in [2.24, 2.45) is 16.2 Å². The van der Waals surface area contributed by atoms with E-state index in [0.29, 0.717) is 18.1 Å². The summed E-state index contributed by atoms with van der Waals surface area (Å²) in [6.45, 7) is 23.2. The molecule has 3 heterocycles. The van der Waals surface area contributed by atoms with Crippen molar-refractivity contribution in [3.8, 4) is 0 Å². The monoisotopic (exact) mass is 838 g/mol. The van der Waals surface area contributed by atoms with Gasteiger partial charge >= 0.3 is 0 Å². The molecular weight excluding hydrogens is 775 g/mol. The van der Waals surface area contributed by atoms with E-state index in [1.807, 2.05) is 0 Å². The predicted molar refractivity (Wildman–Crippen MR) is 208 cm³/mol. The van der Waals surface area contributed by atoms with E-state index in [1.54, 1.807) is 0 Å². The molecule has 4 heteroatoms. The van der Waals surface area contributed by atoms with Gasteiger partial charge in [-0.3, -0.25) is 17.2 Å². The van der Waals surface area contributed by atoms with Crippen LogP contribution in [-0.4, -0.2) is 37.8 Å². The Kier molecular flexibility index (Phi) is 16.0. The Labute approximate surface area is 315 Å². The zero-order valence-corrected chi connectivity index (χ0v) is 34.5. The van der Waals surface area contributed by atoms with Gasteiger partial charge in [-0.2, -0.15) is 36.5 Å². The van der Waals surface area contributed by atoms with Crippen LogP contribution in [0.1, 0.15) is 120 Å². The van der Waals surface area contributed by atoms with Crippen molar-refractivity contribution in [2.45, 2.75) is 138 Å². The van der Waals surface area contributed by atoms with E-state index in [-0.39, 0.29) is 36.4 Å². The van der Waals surface area contributed by atoms with Gasteiger partial charge in [0.05, 0.1) is 0 Å². The Hall–Kier alpha value is -2.08. The Morgan fingerprint density at radius 3 is 0.898 bits per heavy atom. The molecule has 3 nitrogen and oxygen atoms in total. The standard InChI is InChI=1S/3C15H21N.Ir/c3*1-15(2,3)13-9-7-12(8-10-13)14-6-4-5-11-16-14;/h3*7,9-10,14H,4-6,11H2,1-3H3;/q3*-2;. The molecule has 3 aliphatic heterocycles. The molecular formula is C45H63IrN3-6. The smallest absolute Gasteiger partial charge is 0 e. The minimum Gasteiger partial charge on any atom is -0.657 e. The first-order chi connectivity index (χ1) is 22.7. The molecule has 3 unspecified atom stereocenters. The van der Waals surface area contributed by atoms with Crippen LogP contribution < -0.4 is 0 Å².